The molecular weight excluding hydrogens is 292 g/mol. The highest BCUT2D eigenvalue weighted by molar-refractivity contribution is 5.91. The number of carbonyl (C=O) groups excluding carboxylic acids is 1. The van der Waals surface area contributed by atoms with Crippen LogP contribution in [0.15, 0.2) is 10.7 Å². The number of carbonyl (C=O) groups is 1. The van der Waals surface area contributed by atoms with E-state index in [-0.39, 0.29) is 17.9 Å². The smallest absolute Gasteiger partial charge is 0.273 e. The summed E-state index contributed by atoms with van der Waals surface area (Å²) in [6.07, 6.45) is 6.24. The first-order valence-corrected chi connectivity index (χ1v) is 8.72. The van der Waals surface area contributed by atoms with Crippen molar-refractivity contribution in [2.75, 3.05) is 19.6 Å². The number of hydrogen-bond donors (Lipinski definition) is 2. The summed E-state index contributed by atoms with van der Waals surface area (Å²) in [7, 11) is 0. The van der Waals surface area contributed by atoms with Gasteiger partial charge in [0.15, 0.2) is 5.69 Å². The summed E-state index contributed by atoms with van der Waals surface area (Å²) in [5.41, 5.74) is 6.28. The Kier molecular flexibility index (Phi) is 6.59. The van der Waals surface area contributed by atoms with Gasteiger partial charge >= 0.3 is 0 Å². The van der Waals surface area contributed by atoms with Crippen molar-refractivity contribution in [3.05, 3.63) is 17.8 Å². The predicted molar refractivity (Wildman–Crippen MR) is 90.1 cm³/mol. The van der Waals surface area contributed by atoms with E-state index in [1.54, 1.807) is 0 Å². The van der Waals surface area contributed by atoms with E-state index in [0.29, 0.717) is 24.2 Å². The van der Waals surface area contributed by atoms with E-state index in [1.807, 2.05) is 13.8 Å². The van der Waals surface area contributed by atoms with Gasteiger partial charge in [-0.3, -0.25) is 4.79 Å². The van der Waals surface area contributed by atoms with Crippen molar-refractivity contribution in [1.82, 2.24) is 15.2 Å². The minimum Gasteiger partial charge on any atom is -0.446 e. The molecule has 2 unspecified atom stereocenters. The molecule has 6 nitrogen and oxygen atoms in total. The van der Waals surface area contributed by atoms with Crippen LogP contribution >= 0.6 is 0 Å². The number of nitrogens with two attached hydrogens (primary N) is 1. The van der Waals surface area contributed by atoms with Crippen molar-refractivity contribution < 1.29 is 9.21 Å². The maximum Gasteiger partial charge on any atom is 0.273 e. The molecular formula is C17H30N4O2. The lowest BCUT2D eigenvalue weighted by Gasteiger charge is -2.33. The van der Waals surface area contributed by atoms with Crippen LogP contribution in [0.1, 0.15) is 68.9 Å². The number of nitrogens with zero attached hydrogens (tertiary/aromatic N) is 2. The summed E-state index contributed by atoms with van der Waals surface area (Å²) in [6, 6.07) is 0.382. The number of oxazole rings is 1. The highest BCUT2D eigenvalue weighted by Crippen LogP contribution is 2.18. The van der Waals surface area contributed by atoms with E-state index >= 15 is 0 Å². The summed E-state index contributed by atoms with van der Waals surface area (Å²) in [4.78, 5) is 18.8. The second-order valence-electron chi connectivity index (χ2n) is 6.83. The fourth-order valence-electron chi connectivity index (χ4n) is 2.89. The third-order valence-corrected chi connectivity index (χ3v) is 4.61. The van der Waals surface area contributed by atoms with E-state index in [1.165, 1.54) is 32.1 Å². The van der Waals surface area contributed by atoms with Gasteiger partial charge in [-0.2, -0.15) is 0 Å². The summed E-state index contributed by atoms with van der Waals surface area (Å²) >= 11 is 0. The van der Waals surface area contributed by atoms with Gasteiger partial charge in [-0.15, -0.1) is 0 Å². The molecule has 3 N–H and O–H groups in total. The molecule has 0 saturated carbocycles. The molecule has 2 atom stereocenters. The van der Waals surface area contributed by atoms with Gasteiger partial charge in [-0.1, -0.05) is 20.3 Å². The Bertz CT molecular complexity index is 501. The fraction of sp³-hybridized carbons (Fsp3) is 0.765. The zero-order chi connectivity index (χ0) is 16.8. The first-order chi connectivity index (χ1) is 11.0. The zero-order valence-corrected chi connectivity index (χ0v) is 14.5. The minimum absolute atomic E-state index is 0.192. The molecule has 1 aromatic heterocycles. The van der Waals surface area contributed by atoms with Gasteiger partial charge in [0.2, 0.25) is 5.89 Å². The van der Waals surface area contributed by atoms with Crippen molar-refractivity contribution in [1.29, 1.82) is 0 Å². The lowest BCUT2D eigenvalue weighted by atomic mass is 10.0. The number of hydrogen-bond acceptors (Lipinski definition) is 5. The normalized spacial score (nSPS) is 20.7. The van der Waals surface area contributed by atoms with Gasteiger partial charge in [0.05, 0.1) is 6.04 Å². The molecule has 130 valence electrons. The van der Waals surface area contributed by atoms with Crippen LogP contribution in [-0.4, -0.2) is 41.5 Å². The molecule has 1 aromatic rings. The Balaban J connectivity index is 1.72. The van der Waals surface area contributed by atoms with Gasteiger partial charge in [0.25, 0.3) is 5.91 Å². The number of aromatic nitrogens is 1. The van der Waals surface area contributed by atoms with Crippen molar-refractivity contribution in [2.45, 2.75) is 58.5 Å². The minimum atomic E-state index is -0.280. The van der Waals surface area contributed by atoms with E-state index in [2.05, 4.69) is 22.1 Å². The lowest BCUT2D eigenvalue weighted by Crippen LogP contribution is -2.39. The van der Waals surface area contributed by atoms with Crippen LogP contribution in [-0.2, 0) is 0 Å². The molecule has 23 heavy (non-hydrogen) atoms. The largest absolute Gasteiger partial charge is 0.446 e. The van der Waals surface area contributed by atoms with Crippen molar-refractivity contribution in [3.8, 4) is 0 Å². The number of rotatable bonds is 7. The number of piperidine rings is 1. The maximum absolute atomic E-state index is 12.1. The Morgan fingerprint density at radius 3 is 3.00 bits per heavy atom. The number of amides is 1. The molecule has 2 heterocycles. The molecule has 0 radical (unpaired) electrons. The third-order valence-electron chi connectivity index (χ3n) is 4.61. The molecule has 1 saturated heterocycles. The predicted octanol–water partition coefficient (Wildman–Crippen LogP) is 2.32. The number of nitrogens with one attached hydrogen (secondary N) is 1. The monoisotopic (exact) mass is 322 g/mol. The average Bonchev–Trinajstić information content (AvgIpc) is 3.02. The lowest BCUT2D eigenvalue weighted by molar-refractivity contribution is 0.0944. The van der Waals surface area contributed by atoms with E-state index < -0.39 is 0 Å². The topological polar surface area (TPSA) is 84.4 Å². The van der Waals surface area contributed by atoms with Gasteiger partial charge in [-0.05, 0) is 38.6 Å². The second-order valence-corrected chi connectivity index (χ2v) is 6.83. The van der Waals surface area contributed by atoms with E-state index in [9.17, 15) is 4.79 Å². The standard InChI is InChI=1S/C17H30N4O2/c1-12(2)15(18)17-20-14(11-23-17)16(22)19-8-6-10-21-9-5-4-7-13(21)3/h11-13,15H,4-10,18H2,1-3H3,(H,19,22). The van der Waals surface area contributed by atoms with Crippen molar-refractivity contribution >= 4 is 5.91 Å². The van der Waals surface area contributed by atoms with Gasteiger partial charge in [0, 0.05) is 19.1 Å². The quantitative estimate of drug-likeness (QED) is 0.753. The molecule has 0 aliphatic carbocycles. The highest BCUT2D eigenvalue weighted by Gasteiger charge is 2.20. The van der Waals surface area contributed by atoms with Crippen LogP contribution in [0.2, 0.25) is 0 Å². The Labute approximate surface area is 138 Å². The van der Waals surface area contributed by atoms with Crippen LogP contribution in [0.5, 0.6) is 0 Å². The fourth-order valence-corrected chi connectivity index (χ4v) is 2.89. The molecule has 1 amide bonds. The van der Waals surface area contributed by atoms with Crippen LogP contribution in [0, 0.1) is 5.92 Å². The van der Waals surface area contributed by atoms with Crippen LogP contribution < -0.4 is 11.1 Å². The number of likely N-dealkylation sites (tertiary alicyclic amines) is 1. The Morgan fingerprint density at radius 1 is 1.52 bits per heavy atom. The molecule has 1 aliphatic rings. The molecule has 0 aromatic carbocycles. The van der Waals surface area contributed by atoms with Crippen molar-refractivity contribution in [2.24, 2.45) is 11.7 Å². The Morgan fingerprint density at radius 2 is 2.30 bits per heavy atom. The third kappa shape index (κ3) is 5.04. The van der Waals surface area contributed by atoms with E-state index in [4.69, 9.17) is 10.2 Å². The summed E-state index contributed by atoms with van der Waals surface area (Å²) in [6.45, 7) is 9.14. The molecule has 1 aliphatic heterocycles. The van der Waals surface area contributed by atoms with Crippen molar-refractivity contribution in [3.63, 3.8) is 0 Å². The molecule has 0 bridgehead atoms. The average molecular weight is 322 g/mol. The molecule has 2 rings (SSSR count). The zero-order valence-electron chi connectivity index (χ0n) is 14.5. The molecule has 1 fully saturated rings. The summed E-state index contributed by atoms with van der Waals surface area (Å²) in [5.74, 6) is 0.450. The highest BCUT2D eigenvalue weighted by atomic mass is 16.3. The Hall–Kier alpha value is -1.40. The summed E-state index contributed by atoms with van der Waals surface area (Å²) in [5, 5.41) is 2.91. The van der Waals surface area contributed by atoms with Crippen LogP contribution in [0.4, 0.5) is 0 Å². The van der Waals surface area contributed by atoms with Crippen LogP contribution in [0.3, 0.4) is 0 Å². The van der Waals surface area contributed by atoms with Gasteiger partial charge in [-0.25, -0.2) is 4.98 Å². The summed E-state index contributed by atoms with van der Waals surface area (Å²) < 4.78 is 5.32. The maximum atomic E-state index is 12.1. The van der Waals surface area contributed by atoms with Gasteiger partial charge < -0.3 is 20.4 Å². The molecule has 0 spiro atoms. The van der Waals surface area contributed by atoms with E-state index in [0.717, 1.165) is 13.0 Å². The second kappa shape index (κ2) is 8.45. The first kappa shape index (κ1) is 17.9. The first-order valence-electron chi connectivity index (χ1n) is 8.72. The van der Waals surface area contributed by atoms with Crippen LogP contribution in [0.25, 0.3) is 0 Å². The van der Waals surface area contributed by atoms with Gasteiger partial charge in [0.1, 0.15) is 6.26 Å². The molecule has 6 heteroatoms. The SMILES string of the molecule is CC(C)C(N)c1nc(C(=O)NCCCN2CCCCC2C)co1.